The van der Waals surface area contributed by atoms with Crippen molar-refractivity contribution in [3.05, 3.63) is 97.4 Å². The van der Waals surface area contributed by atoms with E-state index in [4.69, 9.17) is 10.2 Å². The minimum atomic E-state index is -0.572. The number of nitrogens with one attached hydrogen (secondary N) is 1. The van der Waals surface area contributed by atoms with Crippen LogP contribution < -0.4 is 5.48 Å². The summed E-state index contributed by atoms with van der Waals surface area (Å²) in [6.07, 6.45) is 16.8. The van der Waals surface area contributed by atoms with Crippen LogP contribution in [0.25, 0.3) is 17.1 Å². The quantitative estimate of drug-likeness (QED) is 0.105. The Morgan fingerprint density at radius 3 is 2.73 bits per heavy atom. The van der Waals surface area contributed by atoms with Crippen molar-refractivity contribution in [3.63, 3.8) is 0 Å². The Labute approximate surface area is 196 Å². The topological polar surface area (TPSA) is 70.4 Å². The van der Waals surface area contributed by atoms with Gasteiger partial charge in [0.2, 0.25) is 0 Å². The number of carbonyl (C=O) groups is 1. The van der Waals surface area contributed by atoms with Gasteiger partial charge in [-0.05, 0) is 49.1 Å². The van der Waals surface area contributed by atoms with Crippen molar-refractivity contribution < 1.29 is 10.0 Å². The van der Waals surface area contributed by atoms with E-state index in [1.165, 1.54) is 6.08 Å². The van der Waals surface area contributed by atoms with Gasteiger partial charge in [0.15, 0.2) is 0 Å². The minimum absolute atomic E-state index is 0.572. The monoisotopic (exact) mass is 446 g/mol. The molecule has 0 radical (unpaired) electrons. The summed E-state index contributed by atoms with van der Waals surface area (Å²) in [5.41, 5.74) is 5.44. The smallest absolute Gasteiger partial charge is 0.267 e. The van der Waals surface area contributed by atoms with Crippen molar-refractivity contribution in [1.82, 2.24) is 19.9 Å². The Bertz CT molecular complexity index is 1060. The van der Waals surface area contributed by atoms with Crippen molar-refractivity contribution in [2.75, 3.05) is 13.1 Å². The minimum Gasteiger partial charge on any atom is -0.327 e. The summed E-state index contributed by atoms with van der Waals surface area (Å²) in [6.45, 7) is 16.6. The van der Waals surface area contributed by atoms with E-state index in [1.807, 2.05) is 36.4 Å². The number of allylic oxidation sites excluding steroid dienone is 4. The summed E-state index contributed by atoms with van der Waals surface area (Å²) in [6, 6.07) is 5.89. The summed E-state index contributed by atoms with van der Waals surface area (Å²) in [5.74, 6) is 0.403. The molecule has 1 aromatic carbocycles. The predicted octanol–water partition coefficient (Wildman–Crippen LogP) is 5.20. The lowest BCUT2D eigenvalue weighted by molar-refractivity contribution is -0.124. The van der Waals surface area contributed by atoms with Gasteiger partial charge in [0, 0.05) is 25.7 Å². The maximum absolute atomic E-state index is 11.3. The largest absolute Gasteiger partial charge is 0.327 e. The number of unbranched alkanes of at least 4 members (excludes halogenated alkanes) is 1. The van der Waals surface area contributed by atoms with Crippen LogP contribution in [0.3, 0.4) is 0 Å². The number of carbonyl (C=O) groups excluding carboxylic acids is 1. The molecular weight excluding hydrogens is 412 g/mol. The van der Waals surface area contributed by atoms with E-state index in [1.54, 1.807) is 17.6 Å². The highest BCUT2D eigenvalue weighted by molar-refractivity contribution is 5.91. The van der Waals surface area contributed by atoms with E-state index in [9.17, 15) is 4.79 Å². The first kappa shape index (κ1) is 25.8. The average Bonchev–Trinajstić information content (AvgIpc) is 3.17. The molecule has 0 unspecified atom stereocenters. The van der Waals surface area contributed by atoms with Crippen LogP contribution in [-0.2, 0) is 17.9 Å². The van der Waals surface area contributed by atoms with E-state index in [2.05, 4.69) is 48.3 Å². The van der Waals surface area contributed by atoms with Crippen LogP contribution in [0, 0.1) is 0 Å². The van der Waals surface area contributed by atoms with Crippen LogP contribution in [0.4, 0.5) is 0 Å². The third-order valence-corrected chi connectivity index (χ3v) is 5.14. The second-order valence-corrected chi connectivity index (χ2v) is 7.52. The average molecular weight is 447 g/mol. The molecule has 0 aliphatic carbocycles. The number of hydroxylamine groups is 1. The standard InChI is InChI=1S/C27H34N4O2/c1-5-9-10-11-12-18-30(20-22(7-3)13-6-2)21-26-28-24-19-23(15-17-27(32)29-33)14-16-25(24)31(26)8-4/h5-7,11-17,19,33H,1-3,8-10,18,20-21H2,4H3,(H,29,32). The number of amides is 1. The maximum Gasteiger partial charge on any atom is 0.267 e. The number of nitrogens with zero attached hydrogens (tertiary/aromatic N) is 3. The Kier molecular flexibility index (Phi) is 10.8. The van der Waals surface area contributed by atoms with Crippen LogP contribution in [0.5, 0.6) is 0 Å². The van der Waals surface area contributed by atoms with Gasteiger partial charge in [0.05, 0.1) is 17.6 Å². The van der Waals surface area contributed by atoms with Crippen LogP contribution in [0.15, 0.2) is 86.0 Å². The molecule has 0 saturated heterocycles. The predicted molar refractivity (Wildman–Crippen MR) is 137 cm³/mol. The van der Waals surface area contributed by atoms with Gasteiger partial charge in [-0.15, -0.1) is 6.58 Å². The number of hydrogen-bond donors (Lipinski definition) is 2. The molecule has 0 aliphatic heterocycles. The van der Waals surface area contributed by atoms with E-state index in [0.717, 1.165) is 60.5 Å². The number of fused-ring (bicyclic) bond motifs is 1. The molecule has 0 bridgehead atoms. The molecule has 2 aromatic rings. The molecule has 1 aromatic heterocycles. The second-order valence-electron chi connectivity index (χ2n) is 7.52. The molecule has 33 heavy (non-hydrogen) atoms. The molecule has 6 nitrogen and oxygen atoms in total. The van der Waals surface area contributed by atoms with Crippen molar-refractivity contribution in [2.24, 2.45) is 0 Å². The molecule has 6 heteroatoms. The Hall–Kier alpha value is -3.48. The molecular formula is C27H34N4O2. The third-order valence-electron chi connectivity index (χ3n) is 5.14. The zero-order valence-corrected chi connectivity index (χ0v) is 19.4. The summed E-state index contributed by atoms with van der Waals surface area (Å²) >= 11 is 0. The zero-order chi connectivity index (χ0) is 24.1. The first-order chi connectivity index (χ1) is 16.1. The Balaban J connectivity index is 2.32. The Morgan fingerprint density at radius 1 is 1.24 bits per heavy atom. The summed E-state index contributed by atoms with van der Waals surface area (Å²) in [7, 11) is 0. The van der Waals surface area contributed by atoms with Gasteiger partial charge in [0.1, 0.15) is 5.82 Å². The molecule has 0 atom stereocenters. The van der Waals surface area contributed by atoms with Crippen LogP contribution in [-0.4, -0.2) is 38.7 Å². The fourth-order valence-electron chi connectivity index (χ4n) is 3.52. The van der Waals surface area contributed by atoms with Crippen molar-refractivity contribution in [2.45, 2.75) is 32.9 Å². The van der Waals surface area contributed by atoms with E-state index < -0.39 is 5.91 Å². The molecule has 2 rings (SSSR count). The fraction of sp³-hybridized carbons (Fsp3) is 0.259. The van der Waals surface area contributed by atoms with Gasteiger partial charge in [-0.2, -0.15) is 0 Å². The number of aromatic nitrogens is 2. The number of hydrogen-bond acceptors (Lipinski definition) is 4. The molecule has 2 N–H and O–H groups in total. The van der Waals surface area contributed by atoms with Crippen molar-refractivity contribution in [3.8, 4) is 0 Å². The SMILES string of the molecule is C=CC=C(C=C)CN(CC=CCCC=C)Cc1nc2cc(C=CC(=O)NO)ccc2n1CC. The Morgan fingerprint density at radius 2 is 2.06 bits per heavy atom. The lowest BCUT2D eigenvalue weighted by atomic mass is 10.2. The molecule has 1 heterocycles. The third kappa shape index (κ3) is 7.86. The molecule has 0 saturated carbocycles. The van der Waals surface area contributed by atoms with Crippen molar-refractivity contribution in [1.29, 1.82) is 0 Å². The number of rotatable bonds is 14. The highest BCUT2D eigenvalue weighted by atomic mass is 16.5. The van der Waals surface area contributed by atoms with Gasteiger partial charge in [0.25, 0.3) is 5.91 Å². The molecule has 0 aliphatic rings. The fourth-order valence-corrected chi connectivity index (χ4v) is 3.52. The number of aryl methyl sites for hydroxylation is 1. The molecule has 0 spiro atoms. The number of imidazole rings is 1. The van der Waals surface area contributed by atoms with Gasteiger partial charge in [-0.1, -0.05) is 55.7 Å². The lowest BCUT2D eigenvalue weighted by Crippen LogP contribution is -2.27. The molecule has 1 amide bonds. The van der Waals surface area contributed by atoms with Gasteiger partial charge < -0.3 is 4.57 Å². The molecule has 174 valence electrons. The summed E-state index contributed by atoms with van der Waals surface area (Å²) in [5, 5.41) is 8.66. The van der Waals surface area contributed by atoms with Crippen LogP contribution in [0.2, 0.25) is 0 Å². The first-order valence-electron chi connectivity index (χ1n) is 11.1. The highest BCUT2D eigenvalue weighted by Gasteiger charge is 2.14. The highest BCUT2D eigenvalue weighted by Crippen LogP contribution is 2.20. The van der Waals surface area contributed by atoms with Crippen LogP contribution >= 0.6 is 0 Å². The summed E-state index contributed by atoms with van der Waals surface area (Å²) in [4.78, 5) is 18.5. The normalized spacial score (nSPS) is 12.2. The maximum atomic E-state index is 11.3. The first-order valence-corrected chi connectivity index (χ1v) is 11.1. The zero-order valence-electron chi connectivity index (χ0n) is 19.4. The second kappa shape index (κ2) is 13.8. The lowest BCUT2D eigenvalue weighted by Gasteiger charge is -2.21. The summed E-state index contributed by atoms with van der Waals surface area (Å²) < 4.78 is 2.21. The van der Waals surface area contributed by atoms with Crippen molar-refractivity contribution >= 4 is 23.0 Å². The van der Waals surface area contributed by atoms with E-state index in [-0.39, 0.29) is 0 Å². The van der Waals surface area contributed by atoms with Crippen LogP contribution in [0.1, 0.15) is 31.2 Å². The number of benzene rings is 1. The van der Waals surface area contributed by atoms with Gasteiger partial charge in [-0.25, -0.2) is 10.5 Å². The van der Waals surface area contributed by atoms with Gasteiger partial charge in [-0.3, -0.25) is 14.9 Å². The van der Waals surface area contributed by atoms with E-state index >= 15 is 0 Å². The van der Waals surface area contributed by atoms with Gasteiger partial charge >= 0.3 is 0 Å². The molecule has 0 fully saturated rings. The van der Waals surface area contributed by atoms with E-state index in [0.29, 0.717) is 6.54 Å².